The Morgan fingerprint density at radius 3 is 2.53 bits per heavy atom. The highest BCUT2D eigenvalue weighted by molar-refractivity contribution is 5.93. The number of nitrogens with two attached hydrogens (primary N) is 1. The largest absolute Gasteiger partial charge is 0.348 e. The van der Waals surface area contributed by atoms with Crippen LogP contribution in [0.3, 0.4) is 0 Å². The van der Waals surface area contributed by atoms with Crippen LogP contribution < -0.4 is 11.1 Å². The van der Waals surface area contributed by atoms with Crippen LogP contribution >= 0.6 is 0 Å². The minimum atomic E-state index is -0.202. The van der Waals surface area contributed by atoms with E-state index in [-0.39, 0.29) is 11.9 Å². The molecular weight excluding hydrogens is 240 g/mol. The van der Waals surface area contributed by atoms with E-state index >= 15 is 0 Å². The first kappa shape index (κ1) is 13.2. The van der Waals surface area contributed by atoms with E-state index in [2.05, 4.69) is 15.3 Å². The first-order valence-corrected chi connectivity index (χ1v) is 6.09. The molecule has 98 valence electrons. The zero-order chi connectivity index (χ0) is 13.5. The third kappa shape index (κ3) is 3.86. The van der Waals surface area contributed by atoms with Crippen molar-refractivity contribution in [2.24, 2.45) is 5.73 Å². The van der Waals surface area contributed by atoms with Crippen LogP contribution in [0.25, 0.3) is 0 Å². The lowest BCUT2D eigenvalue weighted by atomic mass is 10.1. The topological polar surface area (TPSA) is 80.9 Å². The van der Waals surface area contributed by atoms with Gasteiger partial charge in [-0.15, -0.1) is 0 Å². The first-order valence-electron chi connectivity index (χ1n) is 6.09. The van der Waals surface area contributed by atoms with Crippen molar-refractivity contribution in [2.75, 3.05) is 6.54 Å². The Morgan fingerprint density at radius 2 is 1.89 bits per heavy atom. The Labute approximate surface area is 111 Å². The maximum Gasteiger partial charge on any atom is 0.254 e. The Morgan fingerprint density at radius 1 is 1.21 bits per heavy atom. The molecule has 3 N–H and O–H groups in total. The number of carbonyl (C=O) groups excluding carboxylic acids is 1. The number of hydrogen-bond donors (Lipinski definition) is 2. The number of hydrogen-bond acceptors (Lipinski definition) is 4. The van der Waals surface area contributed by atoms with E-state index in [0.29, 0.717) is 18.5 Å². The highest BCUT2D eigenvalue weighted by Gasteiger charge is 2.13. The second kappa shape index (κ2) is 6.61. The molecule has 1 aromatic carbocycles. The lowest BCUT2D eigenvalue weighted by Crippen LogP contribution is -2.41. The summed E-state index contributed by atoms with van der Waals surface area (Å²) in [5, 5.41) is 2.89. The van der Waals surface area contributed by atoms with Crippen LogP contribution in [-0.4, -0.2) is 28.5 Å². The predicted octanol–water partition coefficient (Wildman–Crippen LogP) is 0.776. The third-order valence-electron chi connectivity index (χ3n) is 2.77. The molecule has 2 aromatic rings. The van der Waals surface area contributed by atoms with Gasteiger partial charge in [-0.25, -0.2) is 9.97 Å². The molecule has 1 heterocycles. The molecule has 19 heavy (non-hydrogen) atoms. The molecule has 0 fully saturated rings. The monoisotopic (exact) mass is 256 g/mol. The van der Waals surface area contributed by atoms with Gasteiger partial charge in [0.15, 0.2) is 0 Å². The zero-order valence-corrected chi connectivity index (χ0v) is 10.5. The van der Waals surface area contributed by atoms with E-state index in [0.717, 1.165) is 5.56 Å². The average molecular weight is 256 g/mol. The van der Waals surface area contributed by atoms with E-state index in [9.17, 15) is 4.79 Å². The van der Waals surface area contributed by atoms with Crippen molar-refractivity contribution in [2.45, 2.75) is 12.5 Å². The molecule has 0 radical (unpaired) electrons. The highest BCUT2D eigenvalue weighted by Crippen LogP contribution is 2.03. The molecule has 0 bridgehead atoms. The number of nitrogens with one attached hydrogen (secondary N) is 1. The summed E-state index contributed by atoms with van der Waals surface area (Å²) in [5.74, 6) is -0.202. The van der Waals surface area contributed by atoms with Gasteiger partial charge in [-0.05, 0) is 12.0 Å². The average Bonchev–Trinajstić information content (AvgIpc) is 2.48. The van der Waals surface area contributed by atoms with Gasteiger partial charge in [0.1, 0.15) is 6.33 Å². The van der Waals surface area contributed by atoms with Crippen molar-refractivity contribution < 1.29 is 4.79 Å². The van der Waals surface area contributed by atoms with Crippen molar-refractivity contribution in [3.05, 3.63) is 60.2 Å². The minimum Gasteiger partial charge on any atom is -0.348 e. The van der Waals surface area contributed by atoms with Gasteiger partial charge in [-0.2, -0.15) is 0 Å². The van der Waals surface area contributed by atoms with Crippen LogP contribution in [0, 0.1) is 0 Å². The molecule has 0 aliphatic carbocycles. The maximum atomic E-state index is 12.0. The molecule has 0 saturated carbocycles. The molecular formula is C14H16N4O. The summed E-state index contributed by atoms with van der Waals surface area (Å²) in [6.45, 7) is 0.383. The SMILES string of the molecule is NCC(Cc1ccccc1)NC(=O)c1cncnc1. The van der Waals surface area contributed by atoms with Crippen LogP contribution in [0.1, 0.15) is 15.9 Å². The van der Waals surface area contributed by atoms with Gasteiger partial charge < -0.3 is 11.1 Å². The van der Waals surface area contributed by atoms with E-state index in [1.165, 1.54) is 18.7 Å². The summed E-state index contributed by atoms with van der Waals surface area (Å²) in [6.07, 6.45) is 5.06. The molecule has 0 spiro atoms. The van der Waals surface area contributed by atoms with Gasteiger partial charge in [0.05, 0.1) is 5.56 Å². The summed E-state index contributed by atoms with van der Waals surface area (Å²) in [4.78, 5) is 19.6. The lowest BCUT2D eigenvalue weighted by molar-refractivity contribution is 0.0937. The van der Waals surface area contributed by atoms with Crippen molar-refractivity contribution in [1.82, 2.24) is 15.3 Å². The summed E-state index contributed by atoms with van der Waals surface area (Å²) in [5.41, 5.74) is 7.28. The highest BCUT2D eigenvalue weighted by atomic mass is 16.1. The Kier molecular flexibility index (Phi) is 4.58. The minimum absolute atomic E-state index is 0.102. The summed E-state index contributed by atoms with van der Waals surface area (Å²) in [6, 6.07) is 9.82. The van der Waals surface area contributed by atoms with Crippen molar-refractivity contribution in [3.8, 4) is 0 Å². The molecule has 1 atom stereocenters. The van der Waals surface area contributed by atoms with Gasteiger partial charge in [-0.3, -0.25) is 4.79 Å². The summed E-state index contributed by atoms with van der Waals surface area (Å²) in [7, 11) is 0. The number of amides is 1. The Balaban J connectivity index is 1.98. The molecule has 5 heteroatoms. The molecule has 5 nitrogen and oxygen atoms in total. The van der Waals surface area contributed by atoms with Crippen molar-refractivity contribution in [3.63, 3.8) is 0 Å². The quantitative estimate of drug-likeness (QED) is 0.828. The van der Waals surface area contributed by atoms with Crippen molar-refractivity contribution in [1.29, 1.82) is 0 Å². The normalized spacial score (nSPS) is 11.8. The number of nitrogens with zero attached hydrogens (tertiary/aromatic N) is 2. The van der Waals surface area contributed by atoms with Gasteiger partial charge in [0.25, 0.3) is 5.91 Å². The number of carbonyl (C=O) groups is 1. The van der Waals surface area contributed by atoms with E-state index in [1.807, 2.05) is 30.3 Å². The van der Waals surface area contributed by atoms with Gasteiger partial charge >= 0.3 is 0 Å². The second-order valence-corrected chi connectivity index (χ2v) is 4.22. The Hall–Kier alpha value is -2.27. The number of rotatable bonds is 5. The van der Waals surface area contributed by atoms with E-state index in [4.69, 9.17) is 5.73 Å². The van der Waals surface area contributed by atoms with Crippen LogP contribution in [-0.2, 0) is 6.42 Å². The Bertz CT molecular complexity index is 515. The van der Waals surface area contributed by atoms with E-state index < -0.39 is 0 Å². The lowest BCUT2D eigenvalue weighted by Gasteiger charge is -2.16. The van der Waals surface area contributed by atoms with Crippen molar-refractivity contribution >= 4 is 5.91 Å². The van der Waals surface area contributed by atoms with Gasteiger partial charge in [-0.1, -0.05) is 30.3 Å². The van der Waals surface area contributed by atoms with Crippen LogP contribution in [0.15, 0.2) is 49.1 Å². The molecule has 0 saturated heterocycles. The number of benzene rings is 1. The zero-order valence-electron chi connectivity index (χ0n) is 10.5. The molecule has 1 unspecified atom stereocenters. The summed E-state index contributed by atoms with van der Waals surface area (Å²) < 4.78 is 0. The fraction of sp³-hybridized carbons (Fsp3) is 0.214. The molecule has 0 aliphatic heterocycles. The molecule has 0 aliphatic rings. The van der Waals surface area contributed by atoms with Gasteiger partial charge in [0.2, 0.25) is 0 Å². The molecule has 1 aromatic heterocycles. The summed E-state index contributed by atoms with van der Waals surface area (Å²) >= 11 is 0. The van der Waals surface area contributed by atoms with Crippen LogP contribution in [0.2, 0.25) is 0 Å². The first-order chi connectivity index (χ1) is 9.29. The third-order valence-corrected chi connectivity index (χ3v) is 2.77. The van der Waals surface area contributed by atoms with E-state index in [1.54, 1.807) is 0 Å². The number of aromatic nitrogens is 2. The molecule has 1 amide bonds. The second-order valence-electron chi connectivity index (χ2n) is 4.22. The fourth-order valence-electron chi connectivity index (χ4n) is 1.78. The maximum absolute atomic E-state index is 12.0. The molecule has 2 rings (SSSR count). The predicted molar refractivity (Wildman–Crippen MR) is 72.5 cm³/mol. The standard InChI is InChI=1S/C14H16N4O/c15-7-13(6-11-4-2-1-3-5-11)18-14(19)12-8-16-10-17-9-12/h1-5,8-10,13H,6-7,15H2,(H,18,19). The van der Waals surface area contributed by atoms with Crippen LogP contribution in [0.5, 0.6) is 0 Å². The van der Waals surface area contributed by atoms with Gasteiger partial charge in [0, 0.05) is 25.0 Å². The van der Waals surface area contributed by atoms with Crippen LogP contribution in [0.4, 0.5) is 0 Å². The smallest absolute Gasteiger partial charge is 0.254 e. The fourth-order valence-corrected chi connectivity index (χ4v) is 1.78.